The number of hydrogen-bond acceptors (Lipinski definition) is 8. The van der Waals surface area contributed by atoms with Gasteiger partial charge in [0, 0.05) is 58.0 Å². The summed E-state index contributed by atoms with van der Waals surface area (Å²) in [6, 6.07) is 6.13. The van der Waals surface area contributed by atoms with Gasteiger partial charge < -0.3 is 19.6 Å². The third-order valence-electron chi connectivity index (χ3n) is 7.01. The molecule has 2 N–H and O–H groups in total. The van der Waals surface area contributed by atoms with Crippen LogP contribution in [0.5, 0.6) is 0 Å². The molecule has 5 rings (SSSR count). The first kappa shape index (κ1) is 23.4. The zero-order chi connectivity index (χ0) is 23.3. The fourth-order valence-electron chi connectivity index (χ4n) is 5.09. The molecular formula is C25H35N5O4. The highest BCUT2D eigenvalue weighted by molar-refractivity contribution is 6.02. The molecule has 1 aliphatic carbocycles. The van der Waals surface area contributed by atoms with Crippen molar-refractivity contribution in [3.63, 3.8) is 0 Å². The van der Waals surface area contributed by atoms with Gasteiger partial charge in [-0.05, 0) is 42.5 Å². The van der Waals surface area contributed by atoms with Crippen molar-refractivity contribution in [2.45, 2.75) is 31.9 Å². The quantitative estimate of drug-likeness (QED) is 0.596. The van der Waals surface area contributed by atoms with Crippen LogP contribution in [0.2, 0.25) is 0 Å². The van der Waals surface area contributed by atoms with Crippen LogP contribution in [0.4, 0.5) is 5.69 Å². The zero-order valence-electron chi connectivity index (χ0n) is 19.7. The summed E-state index contributed by atoms with van der Waals surface area (Å²) in [5.41, 5.74) is 3.82. The minimum Gasteiger partial charge on any atom is -0.447 e. The molecule has 9 heteroatoms. The molecule has 1 unspecified atom stereocenters. The van der Waals surface area contributed by atoms with Gasteiger partial charge in [-0.1, -0.05) is 6.07 Å². The first-order chi connectivity index (χ1) is 16.6. The van der Waals surface area contributed by atoms with Crippen molar-refractivity contribution in [3.05, 3.63) is 47.2 Å². The number of rotatable bonds is 8. The monoisotopic (exact) mass is 469 g/mol. The van der Waals surface area contributed by atoms with Gasteiger partial charge in [-0.15, -0.1) is 0 Å². The summed E-state index contributed by atoms with van der Waals surface area (Å²) in [6.07, 6.45) is 4.48. The van der Waals surface area contributed by atoms with Gasteiger partial charge in [0.15, 0.2) is 5.69 Å². The molecule has 184 valence electrons. The van der Waals surface area contributed by atoms with E-state index in [0.29, 0.717) is 31.2 Å². The van der Waals surface area contributed by atoms with Crippen molar-refractivity contribution in [1.29, 1.82) is 0 Å². The van der Waals surface area contributed by atoms with Gasteiger partial charge in [0.1, 0.15) is 6.26 Å². The van der Waals surface area contributed by atoms with Crippen LogP contribution in [-0.4, -0.2) is 102 Å². The molecular weight excluding hydrogens is 434 g/mol. The second kappa shape index (κ2) is 11.0. The number of fused-ring (bicyclic) bond motifs is 1. The van der Waals surface area contributed by atoms with Crippen LogP contribution in [0.25, 0.3) is 0 Å². The number of carbonyl (C=O) groups is 1. The number of aryl methyl sites for hydroxylation is 2. The van der Waals surface area contributed by atoms with Gasteiger partial charge in [-0.2, -0.15) is 0 Å². The lowest BCUT2D eigenvalue weighted by Gasteiger charge is -2.36. The minimum absolute atomic E-state index is 0.243. The summed E-state index contributed by atoms with van der Waals surface area (Å²) in [4.78, 5) is 23.9. The number of aliphatic hydroxyl groups excluding tert-OH is 1. The Balaban J connectivity index is 1.05. The normalized spacial score (nSPS) is 20.9. The van der Waals surface area contributed by atoms with Crippen molar-refractivity contribution < 1.29 is 19.1 Å². The van der Waals surface area contributed by atoms with Gasteiger partial charge in [0.2, 0.25) is 5.89 Å². The van der Waals surface area contributed by atoms with Crippen LogP contribution in [0, 0.1) is 0 Å². The van der Waals surface area contributed by atoms with E-state index in [1.165, 1.54) is 23.8 Å². The molecule has 1 aromatic heterocycles. The van der Waals surface area contributed by atoms with Crippen LogP contribution in [0.15, 0.2) is 28.9 Å². The molecule has 3 aliphatic rings. The molecule has 1 atom stereocenters. The zero-order valence-corrected chi connectivity index (χ0v) is 19.7. The van der Waals surface area contributed by atoms with Crippen LogP contribution in [-0.2, 0) is 24.1 Å². The second-order valence-corrected chi connectivity index (χ2v) is 9.56. The van der Waals surface area contributed by atoms with Crippen LogP contribution < -0.4 is 5.32 Å². The largest absolute Gasteiger partial charge is 0.447 e. The lowest BCUT2D eigenvalue weighted by molar-refractivity contribution is 0.00187. The van der Waals surface area contributed by atoms with Crippen molar-refractivity contribution in [2.24, 2.45) is 0 Å². The number of oxazole rings is 1. The van der Waals surface area contributed by atoms with Gasteiger partial charge >= 0.3 is 0 Å². The molecule has 1 amide bonds. The number of hydrogen-bond donors (Lipinski definition) is 2. The van der Waals surface area contributed by atoms with Gasteiger partial charge in [0.25, 0.3) is 5.91 Å². The van der Waals surface area contributed by atoms with Gasteiger partial charge in [0.05, 0.1) is 25.9 Å². The van der Waals surface area contributed by atoms with Crippen LogP contribution >= 0.6 is 0 Å². The molecule has 34 heavy (non-hydrogen) atoms. The number of nitrogens with one attached hydrogen (secondary N) is 1. The Labute approximate surface area is 200 Å². The summed E-state index contributed by atoms with van der Waals surface area (Å²) in [7, 11) is 0. The Kier molecular flexibility index (Phi) is 7.56. The van der Waals surface area contributed by atoms with E-state index >= 15 is 0 Å². The van der Waals surface area contributed by atoms with Crippen molar-refractivity contribution in [2.75, 3.05) is 70.9 Å². The van der Waals surface area contributed by atoms with E-state index in [4.69, 9.17) is 9.15 Å². The number of nitrogens with zero attached hydrogens (tertiary/aromatic N) is 4. The number of aliphatic hydroxyl groups is 1. The molecule has 2 aromatic rings. The van der Waals surface area contributed by atoms with Crippen LogP contribution in [0.3, 0.4) is 0 Å². The molecule has 0 spiro atoms. The molecule has 2 saturated heterocycles. The molecule has 1 aromatic carbocycles. The third-order valence-corrected chi connectivity index (χ3v) is 7.01. The van der Waals surface area contributed by atoms with Crippen molar-refractivity contribution in [3.8, 4) is 0 Å². The number of benzene rings is 1. The topological polar surface area (TPSA) is 94.3 Å². The highest BCUT2D eigenvalue weighted by atomic mass is 16.5. The number of piperazine rings is 1. The minimum atomic E-state index is -0.344. The molecule has 2 fully saturated rings. The van der Waals surface area contributed by atoms with Crippen molar-refractivity contribution >= 4 is 11.6 Å². The SMILES string of the molecule is O=C(Nc1ccc2c(c1)CCC2)c1coc(CN2CCN(CC(O)CN3CCOCC3)CC2)n1. The maximum absolute atomic E-state index is 12.6. The predicted octanol–water partition coefficient (Wildman–Crippen LogP) is 1.23. The highest BCUT2D eigenvalue weighted by Gasteiger charge is 2.23. The lowest BCUT2D eigenvalue weighted by atomic mass is 10.1. The van der Waals surface area contributed by atoms with E-state index in [1.54, 1.807) is 0 Å². The summed E-state index contributed by atoms with van der Waals surface area (Å²) in [6.45, 7) is 8.82. The lowest BCUT2D eigenvalue weighted by Crippen LogP contribution is -2.50. The summed E-state index contributed by atoms with van der Waals surface area (Å²) >= 11 is 0. The van der Waals surface area contributed by atoms with Crippen molar-refractivity contribution in [1.82, 2.24) is 19.7 Å². The van der Waals surface area contributed by atoms with Crippen LogP contribution in [0.1, 0.15) is 33.9 Å². The maximum atomic E-state index is 12.6. The Morgan fingerprint density at radius 1 is 1.00 bits per heavy atom. The number of morpholine rings is 1. The molecule has 0 bridgehead atoms. The molecule has 0 radical (unpaired) electrons. The Bertz CT molecular complexity index is 966. The molecule has 9 nitrogen and oxygen atoms in total. The standard InChI is InChI=1S/C25H35N5O4/c31-22(16-30-10-12-33-13-11-30)15-28-6-8-29(9-7-28)17-24-27-23(18-34-24)25(32)26-21-5-4-19-2-1-3-20(19)14-21/h4-5,14,18,22,31H,1-3,6-13,15-17H2,(H,26,32). The number of ether oxygens (including phenoxy) is 1. The average molecular weight is 470 g/mol. The Morgan fingerprint density at radius 3 is 2.50 bits per heavy atom. The first-order valence-corrected chi connectivity index (χ1v) is 12.4. The maximum Gasteiger partial charge on any atom is 0.277 e. The van der Waals surface area contributed by atoms with E-state index in [-0.39, 0.29) is 12.0 Å². The van der Waals surface area contributed by atoms with E-state index in [1.807, 2.05) is 6.07 Å². The van der Waals surface area contributed by atoms with E-state index in [9.17, 15) is 9.90 Å². The number of amides is 1. The smallest absolute Gasteiger partial charge is 0.277 e. The van der Waals surface area contributed by atoms with E-state index < -0.39 is 0 Å². The predicted molar refractivity (Wildman–Crippen MR) is 128 cm³/mol. The van der Waals surface area contributed by atoms with E-state index in [2.05, 4.69) is 37.1 Å². The third kappa shape index (κ3) is 6.03. The summed E-state index contributed by atoms with van der Waals surface area (Å²) in [5.74, 6) is 0.312. The van der Waals surface area contributed by atoms with Gasteiger partial charge in [-0.25, -0.2) is 4.98 Å². The highest BCUT2D eigenvalue weighted by Crippen LogP contribution is 2.25. The fourth-order valence-corrected chi connectivity index (χ4v) is 5.09. The Morgan fingerprint density at radius 2 is 1.71 bits per heavy atom. The summed E-state index contributed by atoms with van der Waals surface area (Å²) < 4.78 is 11.0. The number of aromatic nitrogens is 1. The number of β-amino-alcohol motifs (C(OH)–C–C–N with tert-alkyl or cyclic N) is 1. The second-order valence-electron chi connectivity index (χ2n) is 9.56. The Hall–Kier alpha value is -2.30. The average Bonchev–Trinajstić information content (AvgIpc) is 3.50. The molecule has 0 saturated carbocycles. The number of carbonyl (C=O) groups excluding carboxylic acids is 1. The molecule has 3 heterocycles. The summed E-state index contributed by atoms with van der Waals surface area (Å²) in [5, 5.41) is 13.4. The first-order valence-electron chi connectivity index (χ1n) is 12.4. The molecule has 2 aliphatic heterocycles. The number of anilines is 1. The van der Waals surface area contributed by atoms with E-state index in [0.717, 1.165) is 71.0 Å². The fraction of sp³-hybridized carbons (Fsp3) is 0.600. The van der Waals surface area contributed by atoms with Gasteiger partial charge in [-0.3, -0.25) is 19.5 Å².